The average molecular weight is 357 g/mol. The van der Waals surface area contributed by atoms with Crippen molar-refractivity contribution in [2.75, 3.05) is 25.5 Å². The Kier molecular flexibility index (Phi) is 5.83. The molecule has 1 aliphatic rings. The number of hydrogen-bond acceptors (Lipinski definition) is 5. The summed E-state index contributed by atoms with van der Waals surface area (Å²) in [6.45, 7) is 4.50. The van der Waals surface area contributed by atoms with Gasteiger partial charge in [0.15, 0.2) is 5.13 Å². The van der Waals surface area contributed by atoms with E-state index in [-0.39, 0.29) is 5.91 Å². The van der Waals surface area contributed by atoms with E-state index in [2.05, 4.69) is 33.4 Å². The van der Waals surface area contributed by atoms with Gasteiger partial charge in [-0.15, -0.1) is 11.3 Å². The zero-order chi connectivity index (χ0) is 17.6. The molecule has 6 heteroatoms. The number of thiazole rings is 1. The highest BCUT2D eigenvalue weighted by molar-refractivity contribution is 7.15. The fraction of sp³-hybridized carbons (Fsp3) is 0.368. The molecule has 1 N–H and O–H groups in total. The quantitative estimate of drug-likeness (QED) is 0.884. The number of rotatable bonds is 5. The number of nitrogens with one attached hydrogen (secondary N) is 1. The summed E-state index contributed by atoms with van der Waals surface area (Å²) in [6, 6.07) is 8.19. The van der Waals surface area contributed by atoms with Crippen LogP contribution in [0.2, 0.25) is 0 Å². The lowest BCUT2D eigenvalue weighted by atomic mass is 10.0. The molecule has 0 saturated carbocycles. The van der Waals surface area contributed by atoms with Crippen LogP contribution in [0.4, 0.5) is 5.13 Å². The third-order valence-electron chi connectivity index (χ3n) is 4.20. The lowest BCUT2D eigenvalue weighted by Gasteiger charge is -2.27. The van der Waals surface area contributed by atoms with Crippen LogP contribution in [0.25, 0.3) is 6.08 Å². The first-order chi connectivity index (χ1) is 12.1. The minimum absolute atomic E-state index is 0.0767. The number of aromatic nitrogens is 1. The highest BCUT2D eigenvalue weighted by atomic mass is 32.1. The van der Waals surface area contributed by atoms with Crippen LogP contribution < -0.4 is 10.1 Å². The summed E-state index contributed by atoms with van der Waals surface area (Å²) in [5, 5.41) is 3.42. The molecular formula is C19H23N3O2S. The number of piperidine rings is 1. The van der Waals surface area contributed by atoms with Gasteiger partial charge in [-0.25, -0.2) is 4.98 Å². The van der Waals surface area contributed by atoms with Gasteiger partial charge < -0.3 is 10.1 Å². The van der Waals surface area contributed by atoms with E-state index in [4.69, 9.17) is 4.74 Å². The van der Waals surface area contributed by atoms with E-state index in [0.29, 0.717) is 5.13 Å². The Bertz CT molecular complexity index is 742. The molecule has 25 heavy (non-hydrogen) atoms. The molecule has 132 valence electrons. The topological polar surface area (TPSA) is 54.5 Å². The van der Waals surface area contributed by atoms with Crippen molar-refractivity contribution < 1.29 is 9.53 Å². The first kappa shape index (κ1) is 17.6. The fourth-order valence-corrected chi connectivity index (χ4v) is 3.79. The molecule has 5 nitrogen and oxygen atoms in total. The fourth-order valence-electron chi connectivity index (χ4n) is 2.89. The number of methoxy groups -OCH3 is 1. The maximum atomic E-state index is 11.1. The van der Waals surface area contributed by atoms with E-state index < -0.39 is 0 Å². The predicted molar refractivity (Wildman–Crippen MR) is 102 cm³/mol. The number of carbonyl (C=O) groups is 1. The maximum Gasteiger partial charge on any atom is 0.223 e. The zero-order valence-electron chi connectivity index (χ0n) is 14.6. The Hall–Kier alpha value is -2.18. The van der Waals surface area contributed by atoms with Gasteiger partial charge in [-0.1, -0.05) is 23.8 Å². The Morgan fingerprint density at radius 3 is 2.68 bits per heavy atom. The molecule has 2 heterocycles. The Labute approximate surface area is 152 Å². The summed E-state index contributed by atoms with van der Waals surface area (Å²) in [5.74, 6) is 0.812. The number of carbonyl (C=O) groups excluding carboxylic acids is 1. The summed E-state index contributed by atoms with van der Waals surface area (Å²) < 4.78 is 5.20. The molecule has 0 unspecified atom stereocenters. The molecule has 0 aliphatic carbocycles. The van der Waals surface area contributed by atoms with Crippen LogP contribution >= 0.6 is 11.3 Å². The SMILES string of the molecule is COc1ccc(C=C2CCN(Cc3cnc(NC(C)=O)s3)CC2)cc1. The second-order valence-corrected chi connectivity index (χ2v) is 7.28. The number of amides is 1. The minimum Gasteiger partial charge on any atom is -0.497 e. The van der Waals surface area contributed by atoms with Crippen molar-refractivity contribution >= 4 is 28.5 Å². The van der Waals surface area contributed by atoms with Crippen molar-refractivity contribution in [3.05, 3.63) is 46.5 Å². The van der Waals surface area contributed by atoms with Crippen molar-refractivity contribution in [1.29, 1.82) is 0 Å². The minimum atomic E-state index is -0.0767. The van der Waals surface area contributed by atoms with Gasteiger partial charge in [0.05, 0.1) is 7.11 Å². The monoisotopic (exact) mass is 357 g/mol. The van der Waals surface area contributed by atoms with Gasteiger partial charge >= 0.3 is 0 Å². The lowest BCUT2D eigenvalue weighted by molar-refractivity contribution is -0.114. The largest absolute Gasteiger partial charge is 0.497 e. The molecule has 1 aliphatic heterocycles. The van der Waals surface area contributed by atoms with Crippen LogP contribution in [0, 0.1) is 0 Å². The molecule has 1 aromatic carbocycles. The number of ether oxygens (including phenoxy) is 1. The maximum absolute atomic E-state index is 11.1. The molecule has 1 saturated heterocycles. The van der Waals surface area contributed by atoms with Gasteiger partial charge in [0, 0.05) is 37.6 Å². The molecule has 1 amide bonds. The van der Waals surface area contributed by atoms with Gasteiger partial charge in [0.2, 0.25) is 5.91 Å². The normalized spacial score (nSPS) is 15.0. The second kappa shape index (κ2) is 8.27. The third-order valence-corrected chi connectivity index (χ3v) is 5.10. The Balaban J connectivity index is 1.51. The molecule has 1 aromatic heterocycles. The van der Waals surface area contributed by atoms with Crippen LogP contribution in [-0.2, 0) is 11.3 Å². The van der Waals surface area contributed by atoms with E-state index in [1.807, 2.05) is 18.3 Å². The van der Waals surface area contributed by atoms with Crippen molar-refractivity contribution in [1.82, 2.24) is 9.88 Å². The molecule has 0 radical (unpaired) electrons. The predicted octanol–water partition coefficient (Wildman–Crippen LogP) is 3.79. The third kappa shape index (κ3) is 5.14. The van der Waals surface area contributed by atoms with E-state index in [9.17, 15) is 4.79 Å². The Morgan fingerprint density at radius 2 is 2.04 bits per heavy atom. The highest BCUT2D eigenvalue weighted by Gasteiger charge is 2.15. The van der Waals surface area contributed by atoms with Crippen molar-refractivity contribution in [3.63, 3.8) is 0 Å². The highest BCUT2D eigenvalue weighted by Crippen LogP contribution is 2.24. The second-order valence-electron chi connectivity index (χ2n) is 6.16. The van der Waals surface area contributed by atoms with Gasteiger partial charge in [-0.05, 0) is 30.5 Å². The Morgan fingerprint density at radius 1 is 1.32 bits per heavy atom. The average Bonchev–Trinajstić information content (AvgIpc) is 3.03. The molecule has 0 atom stereocenters. The smallest absolute Gasteiger partial charge is 0.223 e. The molecule has 0 bridgehead atoms. The zero-order valence-corrected chi connectivity index (χ0v) is 15.4. The summed E-state index contributed by atoms with van der Waals surface area (Å²) in [6.07, 6.45) is 6.32. The van der Waals surface area contributed by atoms with Crippen LogP contribution in [0.3, 0.4) is 0 Å². The van der Waals surface area contributed by atoms with Gasteiger partial charge in [0.1, 0.15) is 5.75 Å². The number of benzene rings is 1. The summed E-state index contributed by atoms with van der Waals surface area (Å²) >= 11 is 1.55. The van der Waals surface area contributed by atoms with Gasteiger partial charge in [0.25, 0.3) is 0 Å². The van der Waals surface area contributed by atoms with Crippen LogP contribution in [-0.4, -0.2) is 36.0 Å². The standard InChI is InChI=1S/C19H23N3O2S/c1-14(23)21-19-20-12-18(25-19)13-22-9-7-16(8-10-22)11-15-3-5-17(24-2)6-4-15/h3-6,11-12H,7-10,13H2,1-2H3,(H,20,21,23). The van der Waals surface area contributed by atoms with Gasteiger partial charge in [-0.2, -0.15) is 0 Å². The van der Waals surface area contributed by atoms with E-state index in [0.717, 1.165) is 38.2 Å². The van der Waals surface area contributed by atoms with E-state index >= 15 is 0 Å². The van der Waals surface area contributed by atoms with E-state index in [1.54, 1.807) is 18.4 Å². The van der Waals surface area contributed by atoms with Crippen molar-refractivity contribution in [3.8, 4) is 5.75 Å². The van der Waals surface area contributed by atoms with Crippen LogP contribution in [0.1, 0.15) is 30.2 Å². The number of hydrogen-bond donors (Lipinski definition) is 1. The molecule has 0 spiro atoms. The number of anilines is 1. The molecule has 1 fully saturated rings. The number of likely N-dealkylation sites (tertiary alicyclic amines) is 1. The van der Waals surface area contributed by atoms with Crippen LogP contribution in [0.5, 0.6) is 5.75 Å². The van der Waals surface area contributed by atoms with Crippen molar-refractivity contribution in [2.24, 2.45) is 0 Å². The van der Waals surface area contributed by atoms with E-state index in [1.165, 1.54) is 22.9 Å². The van der Waals surface area contributed by atoms with Gasteiger partial charge in [-0.3, -0.25) is 9.69 Å². The first-order valence-electron chi connectivity index (χ1n) is 8.40. The molecular weight excluding hydrogens is 334 g/mol. The van der Waals surface area contributed by atoms with Crippen LogP contribution in [0.15, 0.2) is 36.0 Å². The molecule has 2 aromatic rings. The first-order valence-corrected chi connectivity index (χ1v) is 9.22. The van der Waals surface area contributed by atoms with Crippen molar-refractivity contribution in [2.45, 2.75) is 26.3 Å². The number of nitrogens with zero attached hydrogens (tertiary/aromatic N) is 2. The lowest BCUT2D eigenvalue weighted by Crippen LogP contribution is -2.29. The summed E-state index contributed by atoms with van der Waals surface area (Å²) in [4.78, 5) is 18.9. The molecule has 3 rings (SSSR count). The summed E-state index contributed by atoms with van der Waals surface area (Å²) in [7, 11) is 1.69. The summed E-state index contributed by atoms with van der Waals surface area (Å²) in [5.41, 5.74) is 2.72.